The molecule has 3 rings (SSSR count). The van der Waals surface area contributed by atoms with Gasteiger partial charge in [-0.15, -0.1) is 0 Å². The minimum atomic E-state index is -0.718. The summed E-state index contributed by atoms with van der Waals surface area (Å²) < 4.78 is 15.5. The zero-order valence-corrected chi connectivity index (χ0v) is 17.5. The second kappa shape index (κ2) is 9.41. The Morgan fingerprint density at radius 2 is 1.83 bits per heavy atom. The molecule has 0 spiro atoms. The highest BCUT2D eigenvalue weighted by Crippen LogP contribution is 2.42. The van der Waals surface area contributed by atoms with Gasteiger partial charge in [0.2, 0.25) is 0 Å². The van der Waals surface area contributed by atoms with E-state index in [0.29, 0.717) is 34.3 Å². The molecule has 2 N–H and O–H groups in total. The van der Waals surface area contributed by atoms with E-state index in [9.17, 15) is 15.0 Å². The van der Waals surface area contributed by atoms with Gasteiger partial charge < -0.3 is 24.4 Å². The Morgan fingerprint density at radius 3 is 2.53 bits per heavy atom. The number of aliphatic hydroxyl groups is 1. The molecule has 0 saturated carbocycles. The number of esters is 1. The molecule has 0 aromatic heterocycles. The van der Waals surface area contributed by atoms with E-state index < -0.39 is 5.97 Å². The van der Waals surface area contributed by atoms with E-state index in [4.69, 9.17) is 14.2 Å². The third-order valence-electron chi connectivity index (χ3n) is 4.20. The lowest BCUT2D eigenvalue weighted by molar-refractivity contribution is -0.135. The lowest BCUT2D eigenvalue weighted by Crippen LogP contribution is -2.10. The lowest BCUT2D eigenvalue weighted by Gasteiger charge is -2.08. The van der Waals surface area contributed by atoms with E-state index in [1.807, 2.05) is 6.92 Å². The molecule has 0 atom stereocenters. The van der Waals surface area contributed by atoms with Crippen LogP contribution in [0.15, 0.2) is 63.7 Å². The largest absolute Gasteiger partial charge is 0.506 e. The van der Waals surface area contributed by atoms with E-state index in [2.05, 4.69) is 4.99 Å². The average molecular weight is 427 g/mol. The van der Waals surface area contributed by atoms with Crippen molar-refractivity contribution in [2.75, 3.05) is 20.8 Å². The van der Waals surface area contributed by atoms with Crippen LogP contribution in [0.2, 0.25) is 0 Å². The molecule has 8 heteroatoms. The first-order chi connectivity index (χ1) is 14.5. The van der Waals surface area contributed by atoms with Crippen LogP contribution in [0.25, 0.3) is 6.08 Å². The summed E-state index contributed by atoms with van der Waals surface area (Å²) >= 11 is 1.09. The van der Waals surface area contributed by atoms with Crippen molar-refractivity contribution < 1.29 is 29.2 Å². The van der Waals surface area contributed by atoms with Crippen LogP contribution in [0.5, 0.6) is 17.2 Å². The van der Waals surface area contributed by atoms with Crippen molar-refractivity contribution in [2.45, 2.75) is 6.92 Å². The van der Waals surface area contributed by atoms with Crippen LogP contribution in [0.3, 0.4) is 0 Å². The van der Waals surface area contributed by atoms with Crippen molar-refractivity contribution in [3.63, 3.8) is 0 Å². The number of phenolic OH excluding ortho intramolecular Hbond substituents is 1. The standard InChI is InChI=1S/C22H21NO6S/c1-4-29-16-11-7-8-13(19(16)24)12-17-20(25)18(22(26)28-3)21(30-17)23-14-9-5-6-10-15(14)27-2/h5-12,24-25H,4H2,1-3H3/b17-12+,23-21?. The highest BCUT2D eigenvalue weighted by molar-refractivity contribution is 8.18. The number of hydrogen-bond acceptors (Lipinski definition) is 8. The van der Waals surface area contributed by atoms with Gasteiger partial charge in [-0.05, 0) is 31.2 Å². The molecule has 0 fully saturated rings. The van der Waals surface area contributed by atoms with Crippen LogP contribution in [0, 0.1) is 0 Å². The number of phenols is 1. The fraction of sp³-hybridized carbons (Fsp3) is 0.182. The van der Waals surface area contributed by atoms with Gasteiger partial charge in [0.25, 0.3) is 0 Å². The van der Waals surface area contributed by atoms with Crippen LogP contribution in [0.4, 0.5) is 5.69 Å². The summed E-state index contributed by atoms with van der Waals surface area (Å²) in [4.78, 5) is 17.2. The fourth-order valence-electron chi connectivity index (χ4n) is 2.79. The van der Waals surface area contributed by atoms with Crippen molar-refractivity contribution in [3.05, 3.63) is 64.3 Å². The predicted molar refractivity (Wildman–Crippen MR) is 117 cm³/mol. The number of benzene rings is 2. The summed E-state index contributed by atoms with van der Waals surface area (Å²) in [5.74, 6) is -0.204. The SMILES string of the molecule is CCOc1cccc(/C=C2/SC(=Nc3ccccc3OC)C(C(=O)OC)=C2O)c1O. The van der Waals surface area contributed by atoms with Gasteiger partial charge in [0, 0.05) is 5.56 Å². The molecule has 1 aliphatic heterocycles. The Labute approximate surface area is 178 Å². The van der Waals surface area contributed by atoms with Crippen LogP contribution in [0.1, 0.15) is 12.5 Å². The average Bonchev–Trinajstić information content (AvgIpc) is 3.05. The maximum atomic E-state index is 12.3. The molecule has 0 bridgehead atoms. The number of rotatable bonds is 6. The van der Waals surface area contributed by atoms with E-state index in [0.717, 1.165) is 11.8 Å². The normalized spacial score (nSPS) is 16.2. The van der Waals surface area contributed by atoms with Crippen LogP contribution >= 0.6 is 11.8 Å². The number of aromatic hydroxyl groups is 1. The van der Waals surface area contributed by atoms with Crippen molar-refractivity contribution in [1.29, 1.82) is 0 Å². The van der Waals surface area contributed by atoms with Gasteiger partial charge in [0.05, 0.1) is 25.7 Å². The first kappa shape index (κ1) is 21.3. The van der Waals surface area contributed by atoms with Crippen LogP contribution in [-0.4, -0.2) is 42.1 Å². The number of ether oxygens (including phenoxy) is 3. The topological polar surface area (TPSA) is 97.6 Å². The second-order valence-corrected chi connectivity index (χ2v) is 7.07. The number of hydrogen-bond donors (Lipinski definition) is 2. The van der Waals surface area contributed by atoms with Gasteiger partial charge in [0.15, 0.2) is 11.5 Å². The van der Waals surface area contributed by atoms with Gasteiger partial charge in [-0.25, -0.2) is 9.79 Å². The number of aliphatic imine (C=N–C) groups is 1. The first-order valence-corrected chi connectivity index (χ1v) is 9.90. The Bertz CT molecular complexity index is 1060. The molecule has 2 aromatic rings. The number of para-hydroxylation sites is 3. The van der Waals surface area contributed by atoms with Crippen molar-refractivity contribution in [1.82, 2.24) is 0 Å². The summed E-state index contributed by atoms with van der Waals surface area (Å²) in [5.41, 5.74) is 0.872. The molecule has 0 aliphatic carbocycles. The molecule has 0 unspecified atom stereocenters. The summed E-state index contributed by atoms with van der Waals surface area (Å²) in [6.07, 6.45) is 1.56. The molecule has 0 radical (unpaired) electrons. The smallest absolute Gasteiger partial charge is 0.344 e. The Balaban J connectivity index is 2.08. The highest BCUT2D eigenvalue weighted by atomic mass is 32.2. The second-order valence-electron chi connectivity index (χ2n) is 6.04. The maximum absolute atomic E-state index is 12.3. The minimum Gasteiger partial charge on any atom is -0.506 e. The molecule has 0 saturated heterocycles. The number of nitrogens with zero attached hydrogens (tertiary/aromatic N) is 1. The quantitative estimate of drug-likeness (QED) is 0.650. The maximum Gasteiger partial charge on any atom is 0.344 e. The number of methoxy groups -OCH3 is 2. The van der Waals surface area contributed by atoms with Crippen molar-refractivity contribution >= 4 is 34.5 Å². The first-order valence-electron chi connectivity index (χ1n) is 9.08. The summed E-state index contributed by atoms with van der Waals surface area (Å²) in [6, 6.07) is 12.1. The third kappa shape index (κ3) is 4.28. The van der Waals surface area contributed by atoms with E-state index in [1.165, 1.54) is 14.2 Å². The molecular weight excluding hydrogens is 406 g/mol. The van der Waals surface area contributed by atoms with Gasteiger partial charge in [0.1, 0.15) is 27.8 Å². The molecule has 2 aromatic carbocycles. The highest BCUT2D eigenvalue weighted by Gasteiger charge is 2.33. The Kier molecular flexibility index (Phi) is 6.68. The molecule has 156 valence electrons. The number of thioether (sulfide) groups is 1. The summed E-state index contributed by atoms with van der Waals surface area (Å²) in [5, 5.41) is 21.4. The van der Waals surface area contributed by atoms with Crippen molar-refractivity contribution in [2.24, 2.45) is 4.99 Å². The molecule has 0 amide bonds. The van der Waals surface area contributed by atoms with E-state index in [1.54, 1.807) is 48.5 Å². The minimum absolute atomic E-state index is 0.0555. The third-order valence-corrected chi connectivity index (χ3v) is 5.22. The molecular formula is C22H21NO6S. The van der Waals surface area contributed by atoms with Gasteiger partial charge in [-0.3, -0.25) is 0 Å². The molecule has 1 heterocycles. The van der Waals surface area contributed by atoms with Gasteiger partial charge in [-0.2, -0.15) is 0 Å². The molecule has 1 aliphatic rings. The lowest BCUT2D eigenvalue weighted by atomic mass is 10.1. The number of carbonyl (C=O) groups excluding carboxylic acids is 1. The predicted octanol–water partition coefficient (Wildman–Crippen LogP) is 4.60. The number of aliphatic hydroxyl groups excluding tert-OH is 1. The Morgan fingerprint density at radius 1 is 1.10 bits per heavy atom. The summed E-state index contributed by atoms with van der Waals surface area (Å²) in [7, 11) is 2.75. The zero-order chi connectivity index (χ0) is 21.7. The van der Waals surface area contributed by atoms with E-state index in [-0.39, 0.29) is 22.1 Å². The van der Waals surface area contributed by atoms with Gasteiger partial charge >= 0.3 is 5.97 Å². The van der Waals surface area contributed by atoms with Crippen LogP contribution in [-0.2, 0) is 9.53 Å². The van der Waals surface area contributed by atoms with E-state index >= 15 is 0 Å². The van der Waals surface area contributed by atoms with Crippen LogP contribution < -0.4 is 9.47 Å². The fourth-order valence-corrected chi connectivity index (χ4v) is 3.81. The summed E-state index contributed by atoms with van der Waals surface area (Å²) in [6.45, 7) is 2.21. The van der Waals surface area contributed by atoms with Crippen molar-refractivity contribution in [3.8, 4) is 17.2 Å². The monoisotopic (exact) mass is 427 g/mol. The number of carbonyl (C=O) groups is 1. The zero-order valence-electron chi connectivity index (χ0n) is 16.7. The molecule has 30 heavy (non-hydrogen) atoms. The van der Waals surface area contributed by atoms with Gasteiger partial charge in [-0.1, -0.05) is 36.0 Å². The Hall–Kier alpha value is -3.39. The molecule has 7 nitrogen and oxygen atoms in total.